The number of ether oxygens (including phenoxy) is 3. The summed E-state index contributed by atoms with van der Waals surface area (Å²) in [6.07, 6.45) is -1.68. The molecule has 0 aliphatic rings. The van der Waals surface area contributed by atoms with E-state index < -0.39 is 42.1 Å². The molecule has 0 rings (SSSR count). The fraction of sp³-hybridized carbons (Fsp3) is 0.789. The third kappa shape index (κ3) is 16.5. The van der Waals surface area contributed by atoms with Gasteiger partial charge in [-0.1, -0.05) is 0 Å². The van der Waals surface area contributed by atoms with E-state index in [4.69, 9.17) is 24.4 Å². The lowest BCUT2D eigenvalue weighted by molar-refractivity contribution is -0.147. The third-order valence-electron chi connectivity index (χ3n) is 2.95. The van der Waals surface area contributed by atoms with E-state index in [1.165, 1.54) is 0 Å². The molecule has 0 bridgehead atoms. The second-order valence-corrected chi connectivity index (χ2v) is 8.46. The highest BCUT2D eigenvalue weighted by atomic mass is 16.6. The van der Waals surface area contributed by atoms with Crippen LogP contribution in [0.5, 0.6) is 0 Å². The van der Waals surface area contributed by atoms with Crippen LogP contribution in [0.3, 0.4) is 0 Å². The van der Waals surface area contributed by atoms with Crippen molar-refractivity contribution in [3.63, 3.8) is 0 Å². The van der Waals surface area contributed by atoms with E-state index in [-0.39, 0.29) is 25.5 Å². The molecule has 0 saturated heterocycles. The van der Waals surface area contributed by atoms with Crippen molar-refractivity contribution >= 4 is 24.1 Å². The smallest absolute Gasteiger partial charge is 0.414 e. The molecule has 0 aromatic heterocycles. The fourth-order valence-electron chi connectivity index (χ4n) is 1.80. The number of carbonyl (C=O) groups excluding carboxylic acids is 3. The summed E-state index contributed by atoms with van der Waals surface area (Å²) in [6, 6.07) is 0. The number of amides is 2. The van der Waals surface area contributed by atoms with Gasteiger partial charge in [0.2, 0.25) is 5.96 Å². The maximum absolute atomic E-state index is 12.0. The molecule has 0 saturated carbocycles. The lowest BCUT2D eigenvalue weighted by Crippen LogP contribution is -2.47. The average molecular weight is 434 g/mol. The molecule has 0 aliphatic heterocycles. The van der Waals surface area contributed by atoms with Crippen LogP contribution in [-0.2, 0) is 19.0 Å². The van der Waals surface area contributed by atoms with Crippen LogP contribution in [0.1, 0.15) is 60.8 Å². The van der Waals surface area contributed by atoms with E-state index in [1.54, 1.807) is 41.5 Å². The van der Waals surface area contributed by atoms with Crippen LogP contribution in [0.25, 0.3) is 0 Å². The normalized spacial score (nSPS) is 12.4. The lowest BCUT2D eigenvalue weighted by Gasteiger charge is -2.22. The van der Waals surface area contributed by atoms with Gasteiger partial charge in [-0.15, -0.1) is 0 Å². The molecule has 0 aromatic carbocycles. The predicted octanol–water partition coefficient (Wildman–Crippen LogP) is 1.46. The molecule has 1 unspecified atom stereocenters. The standard InChI is InChI=1S/C19H35N3O8/c1-18(2,3)29-16(26)21-15(22-17(27)30-19(4,5)6)20-10-8-7-9-14(25)28-12-13(24)11-23/h13,23-24H,7-12H2,1-6H3,(H2,20,21,22,26,27). The molecule has 0 aromatic rings. The molecule has 11 heteroatoms. The first-order chi connectivity index (χ1) is 13.7. The molecule has 1 atom stereocenters. The molecule has 2 amide bonds. The number of carbonyl (C=O) groups is 3. The molecule has 0 fully saturated rings. The summed E-state index contributed by atoms with van der Waals surface area (Å²) in [5.41, 5.74) is -1.46. The molecule has 11 nitrogen and oxygen atoms in total. The molecule has 4 N–H and O–H groups in total. The van der Waals surface area contributed by atoms with Gasteiger partial charge in [0.1, 0.15) is 23.9 Å². The molecular formula is C19H35N3O8. The Morgan fingerprint density at radius 3 is 1.87 bits per heavy atom. The molecular weight excluding hydrogens is 398 g/mol. The molecule has 0 aliphatic carbocycles. The molecule has 0 spiro atoms. The summed E-state index contributed by atoms with van der Waals surface area (Å²) in [6.45, 7) is 9.64. The van der Waals surface area contributed by atoms with Crippen molar-refractivity contribution in [2.45, 2.75) is 78.1 Å². The van der Waals surface area contributed by atoms with Crippen molar-refractivity contribution in [2.75, 3.05) is 19.8 Å². The quantitative estimate of drug-likeness (QED) is 0.147. The van der Waals surface area contributed by atoms with Crippen molar-refractivity contribution in [3.05, 3.63) is 0 Å². The van der Waals surface area contributed by atoms with Crippen molar-refractivity contribution in [2.24, 2.45) is 4.99 Å². The van der Waals surface area contributed by atoms with Gasteiger partial charge in [-0.3, -0.25) is 20.4 Å². The number of hydrogen-bond acceptors (Lipinski definition) is 9. The van der Waals surface area contributed by atoms with E-state index in [0.717, 1.165) is 0 Å². The summed E-state index contributed by atoms with van der Waals surface area (Å²) in [5, 5.41) is 22.5. The molecule has 174 valence electrons. The van der Waals surface area contributed by atoms with Gasteiger partial charge in [-0.25, -0.2) is 9.59 Å². The number of nitrogens with zero attached hydrogens (tertiary/aromatic N) is 1. The Balaban J connectivity index is 4.66. The Kier molecular flexibility index (Phi) is 12.0. The van der Waals surface area contributed by atoms with Crippen LogP contribution >= 0.6 is 0 Å². The first kappa shape index (κ1) is 27.6. The highest BCUT2D eigenvalue weighted by molar-refractivity contribution is 6.01. The summed E-state index contributed by atoms with van der Waals surface area (Å²) in [4.78, 5) is 39.6. The molecule has 30 heavy (non-hydrogen) atoms. The Labute approximate surface area is 177 Å². The number of guanidine groups is 1. The number of aliphatic imine (C=N–C) groups is 1. The maximum atomic E-state index is 12.0. The zero-order chi connectivity index (χ0) is 23.4. The van der Waals surface area contributed by atoms with Crippen LogP contribution in [0.2, 0.25) is 0 Å². The fourth-order valence-corrected chi connectivity index (χ4v) is 1.80. The predicted molar refractivity (Wildman–Crippen MR) is 109 cm³/mol. The van der Waals surface area contributed by atoms with Crippen LogP contribution < -0.4 is 10.6 Å². The summed E-state index contributed by atoms with van der Waals surface area (Å²) in [7, 11) is 0. The second kappa shape index (κ2) is 13.0. The third-order valence-corrected chi connectivity index (χ3v) is 2.95. The van der Waals surface area contributed by atoms with E-state index in [1.807, 2.05) is 0 Å². The topological polar surface area (TPSA) is 156 Å². The number of esters is 1. The Hall–Kier alpha value is -2.40. The van der Waals surface area contributed by atoms with Gasteiger partial charge in [-0.2, -0.15) is 0 Å². The first-order valence-electron chi connectivity index (χ1n) is 9.71. The Morgan fingerprint density at radius 1 is 0.933 bits per heavy atom. The minimum absolute atomic E-state index is 0.0992. The van der Waals surface area contributed by atoms with E-state index >= 15 is 0 Å². The van der Waals surface area contributed by atoms with Crippen molar-refractivity contribution in [1.29, 1.82) is 0 Å². The summed E-state index contributed by atoms with van der Waals surface area (Å²) < 4.78 is 15.1. The minimum atomic E-state index is -1.10. The van der Waals surface area contributed by atoms with Gasteiger partial charge in [0.25, 0.3) is 0 Å². The highest BCUT2D eigenvalue weighted by Crippen LogP contribution is 2.08. The number of rotatable bonds is 8. The van der Waals surface area contributed by atoms with Crippen LogP contribution in [-0.4, -0.2) is 71.4 Å². The van der Waals surface area contributed by atoms with E-state index in [0.29, 0.717) is 12.8 Å². The number of alkyl carbamates (subject to hydrolysis) is 2. The van der Waals surface area contributed by atoms with Gasteiger partial charge in [0.15, 0.2) is 0 Å². The van der Waals surface area contributed by atoms with Crippen LogP contribution in [0.4, 0.5) is 9.59 Å². The number of nitrogens with one attached hydrogen (secondary N) is 2. The zero-order valence-corrected chi connectivity index (χ0v) is 18.6. The van der Waals surface area contributed by atoms with Crippen molar-refractivity contribution in [1.82, 2.24) is 10.6 Å². The highest BCUT2D eigenvalue weighted by Gasteiger charge is 2.21. The van der Waals surface area contributed by atoms with Gasteiger partial charge in [-0.05, 0) is 54.4 Å². The Bertz CT molecular complexity index is 562. The molecule has 0 radical (unpaired) electrons. The van der Waals surface area contributed by atoms with Gasteiger partial charge in [0, 0.05) is 13.0 Å². The number of unbranched alkanes of at least 4 members (excludes halogenated alkanes) is 1. The molecule has 0 heterocycles. The number of aliphatic hydroxyl groups excluding tert-OH is 2. The van der Waals surface area contributed by atoms with Gasteiger partial charge in [0.05, 0.1) is 6.61 Å². The summed E-state index contributed by atoms with van der Waals surface area (Å²) in [5.74, 6) is -0.641. The SMILES string of the molecule is CC(C)(C)OC(=O)NC(=NCCCCC(=O)OCC(O)CO)NC(=O)OC(C)(C)C. The zero-order valence-electron chi connectivity index (χ0n) is 18.6. The van der Waals surface area contributed by atoms with Crippen molar-refractivity contribution < 1.29 is 38.8 Å². The van der Waals surface area contributed by atoms with Crippen LogP contribution in [0, 0.1) is 0 Å². The van der Waals surface area contributed by atoms with Gasteiger partial charge >= 0.3 is 18.2 Å². The first-order valence-corrected chi connectivity index (χ1v) is 9.71. The van der Waals surface area contributed by atoms with Crippen LogP contribution in [0.15, 0.2) is 4.99 Å². The van der Waals surface area contributed by atoms with Gasteiger partial charge < -0.3 is 24.4 Å². The average Bonchev–Trinajstić information content (AvgIpc) is 2.55. The van der Waals surface area contributed by atoms with Crippen molar-refractivity contribution in [3.8, 4) is 0 Å². The lowest BCUT2D eigenvalue weighted by atomic mass is 10.2. The largest absolute Gasteiger partial charge is 0.463 e. The maximum Gasteiger partial charge on any atom is 0.414 e. The Morgan fingerprint density at radius 2 is 1.43 bits per heavy atom. The monoisotopic (exact) mass is 433 g/mol. The minimum Gasteiger partial charge on any atom is -0.463 e. The van der Waals surface area contributed by atoms with E-state index in [2.05, 4.69) is 15.6 Å². The summed E-state index contributed by atoms with van der Waals surface area (Å²) >= 11 is 0. The van der Waals surface area contributed by atoms with E-state index in [9.17, 15) is 14.4 Å². The second-order valence-electron chi connectivity index (χ2n) is 8.46. The number of hydrogen-bond donors (Lipinski definition) is 4. The number of aliphatic hydroxyl groups is 2.